The summed E-state index contributed by atoms with van der Waals surface area (Å²) in [7, 11) is -4.40. The third-order valence-corrected chi connectivity index (χ3v) is 4.90. The first-order valence-electron chi connectivity index (χ1n) is 7.18. The minimum atomic E-state index is -4.40. The molecule has 9 heteroatoms. The van der Waals surface area contributed by atoms with Gasteiger partial charge >= 0.3 is 5.97 Å². The second-order valence-corrected chi connectivity index (χ2v) is 6.83. The zero-order valence-corrected chi connectivity index (χ0v) is 13.9. The number of carbonyl (C=O) groups is 1. The number of hydrogen-bond acceptors (Lipinski definition) is 6. The van der Waals surface area contributed by atoms with Crippen LogP contribution in [0.5, 0.6) is 0 Å². The zero-order valence-electron chi connectivity index (χ0n) is 13.1. The van der Waals surface area contributed by atoms with Crippen LogP contribution in [0.2, 0.25) is 0 Å². The molecule has 25 heavy (non-hydrogen) atoms. The molecule has 0 radical (unpaired) electrons. The van der Waals surface area contributed by atoms with Gasteiger partial charge in [0.1, 0.15) is 0 Å². The number of nitro groups is 1. The fourth-order valence-electron chi connectivity index (χ4n) is 2.20. The molecule has 2 aromatic carbocycles. The van der Waals surface area contributed by atoms with Gasteiger partial charge in [-0.15, -0.1) is 0 Å². The highest BCUT2D eigenvalue weighted by molar-refractivity contribution is 7.86. The summed E-state index contributed by atoms with van der Waals surface area (Å²) in [5.74, 6) is -2.16. The van der Waals surface area contributed by atoms with Crippen molar-refractivity contribution in [3.63, 3.8) is 0 Å². The van der Waals surface area contributed by atoms with Crippen molar-refractivity contribution >= 4 is 21.8 Å². The smallest absolute Gasteiger partial charge is 0.335 e. The fraction of sp³-hybridized carbons (Fsp3) is 0.188. The second kappa shape index (κ2) is 7.41. The van der Waals surface area contributed by atoms with Gasteiger partial charge in [0.15, 0.2) is 6.10 Å². The first kappa shape index (κ1) is 18.6. The number of nitro benzene ring substituents is 1. The molecule has 0 aromatic heterocycles. The van der Waals surface area contributed by atoms with Gasteiger partial charge in [-0.05, 0) is 17.7 Å². The molecule has 132 valence electrons. The number of aliphatic carboxylic acids is 1. The first-order chi connectivity index (χ1) is 11.7. The van der Waals surface area contributed by atoms with Crippen molar-refractivity contribution in [1.82, 2.24) is 0 Å². The van der Waals surface area contributed by atoms with E-state index in [1.165, 1.54) is 0 Å². The number of carboxylic acids is 1. The average molecular weight is 365 g/mol. The second-order valence-electron chi connectivity index (χ2n) is 5.26. The SMILES string of the molecule is CC(c1ccccc1)C(OS(=O)(=O)c1ccc([N+](=O)[O-])cc1)C(=O)O. The minimum Gasteiger partial charge on any atom is -0.479 e. The number of benzene rings is 2. The van der Waals surface area contributed by atoms with Crippen molar-refractivity contribution in [3.05, 3.63) is 70.3 Å². The number of carboxylic acid groups (broad SMARTS) is 1. The van der Waals surface area contributed by atoms with Gasteiger partial charge < -0.3 is 5.11 Å². The molecule has 2 atom stereocenters. The van der Waals surface area contributed by atoms with Gasteiger partial charge in [-0.1, -0.05) is 37.3 Å². The van der Waals surface area contributed by atoms with Gasteiger partial charge in [0.05, 0.1) is 9.82 Å². The Balaban J connectivity index is 2.28. The highest BCUT2D eigenvalue weighted by Crippen LogP contribution is 2.26. The molecular weight excluding hydrogens is 350 g/mol. The van der Waals surface area contributed by atoms with E-state index in [9.17, 15) is 28.4 Å². The van der Waals surface area contributed by atoms with Gasteiger partial charge in [0, 0.05) is 18.1 Å². The molecule has 0 aliphatic carbocycles. The van der Waals surface area contributed by atoms with Crippen LogP contribution in [0.1, 0.15) is 18.4 Å². The summed E-state index contributed by atoms with van der Waals surface area (Å²) < 4.78 is 29.5. The van der Waals surface area contributed by atoms with E-state index in [-0.39, 0.29) is 10.6 Å². The average Bonchev–Trinajstić information content (AvgIpc) is 2.59. The van der Waals surface area contributed by atoms with Crippen LogP contribution in [0.3, 0.4) is 0 Å². The van der Waals surface area contributed by atoms with Gasteiger partial charge in [0.25, 0.3) is 15.8 Å². The van der Waals surface area contributed by atoms with Crippen LogP contribution in [0.15, 0.2) is 59.5 Å². The van der Waals surface area contributed by atoms with Crippen molar-refractivity contribution in [3.8, 4) is 0 Å². The Morgan fingerprint density at radius 1 is 1.12 bits per heavy atom. The summed E-state index contributed by atoms with van der Waals surface area (Å²) in [6.07, 6.45) is -1.64. The highest BCUT2D eigenvalue weighted by Gasteiger charge is 2.33. The number of rotatable bonds is 7. The minimum absolute atomic E-state index is 0.286. The van der Waals surface area contributed by atoms with Crippen molar-refractivity contribution in [2.75, 3.05) is 0 Å². The predicted octanol–water partition coefficient (Wildman–Crippen LogP) is 2.56. The molecule has 8 nitrogen and oxygen atoms in total. The molecule has 0 fully saturated rings. The molecule has 0 saturated carbocycles. The number of nitrogens with zero attached hydrogens (tertiary/aromatic N) is 1. The maximum atomic E-state index is 12.3. The van der Waals surface area contributed by atoms with E-state index in [0.717, 1.165) is 24.3 Å². The van der Waals surface area contributed by atoms with E-state index in [1.807, 2.05) is 0 Å². The van der Waals surface area contributed by atoms with E-state index in [2.05, 4.69) is 0 Å². The Hall–Kier alpha value is -2.78. The summed E-state index contributed by atoms with van der Waals surface area (Å²) in [5, 5.41) is 20.0. The summed E-state index contributed by atoms with van der Waals surface area (Å²) in [4.78, 5) is 21.1. The molecular formula is C16H15NO7S. The topological polar surface area (TPSA) is 124 Å². The van der Waals surface area contributed by atoms with Crippen LogP contribution in [0, 0.1) is 10.1 Å². The van der Waals surface area contributed by atoms with Gasteiger partial charge in [-0.2, -0.15) is 8.42 Å². The fourth-order valence-corrected chi connectivity index (χ4v) is 3.30. The molecule has 0 amide bonds. The van der Waals surface area contributed by atoms with Crippen LogP contribution in [0.4, 0.5) is 5.69 Å². The van der Waals surface area contributed by atoms with Gasteiger partial charge in [0.2, 0.25) is 0 Å². The molecule has 0 aliphatic heterocycles. The van der Waals surface area contributed by atoms with E-state index in [4.69, 9.17) is 4.18 Å². The number of hydrogen-bond donors (Lipinski definition) is 1. The lowest BCUT2D eigenvalue weighted by Crippen LogP contribution is -2.32. The van der Waals surface area contributed by atoms with E-state index < -0.39 is 33.0 Å². The molecule has 1 N–H and O–H groups in total. The Labute approximate surface area is 144 Å². The van der Waals surface area contributed by atoms with E-state index in [0.29, 0.717) is 5.56 Å². The Bertz CT molecular complexity index is 863. The lowest BCUT2D eigenvalue weighted by molar-refractivity contribution is -0.384. The lowest BCUT2D eigenvalue weighted by Gasteiger charge is -2.20. The molecule has 0 bridgehead atoms. The van der Waals surface area contributed by atoms with E-state index >= 15 is 0 Å². The van der Waals surface area contributed by atoms with Crippen LogP contribution >= 0.6 is 0 Å². The zero-order chi connectivity index (χ0) is 18.6. The maximum Gasteiger partial charge on any atom is 0.335 e. The normalized spacial score (nSPS) is 13.8. The van der Waals surface area contributed by atoms with Crippen molar-refractivity contribution in [1.29, 1.82) is 0 Å². The third kappa shape index (κ3) is 4.40. The predicted molar refractivity (Wildman–Crippen MR) is 87.6 cm³/mol. The van der Waals surface area contributed by atoms with Crippen LogP contribution in [-0.4, -0.2) is 30.5 Å². The van der Waals surface area contributed by atoms with Crippen LogP contribution < -0.4 is 0 Å². The highest BCUT2D eigenvalue weighted by atomic mass is 32.2. The monoisotopic (exact) mass is 365 g/mol. The van der Waals surface area contributed by atoms with Crippen molar-refractivity contribution in [2.24, 2.45) is 0 Å². The summed E-state index contributed by atoms with van der Waals surface area (Å²) in [6, 6.07) is 12.5. The lowest BCUT2D eigenvalue weighted by atomic mass is 9.96. The summed E-state index contributed by atoms with van der Waals surface area (Å²) in [5.41, 5.74) is 0.320. The maximum absolute atomic E-state index is 12.3. The van der Waals surface area contributed by atoms with Crippen LogP contribution in [0.25, 0.3) is 0 Å². The molecule has 2 aromatic rings. The molecule has 2 unspecified atom stereocenters. The van der Waals surface area contributed by atoms with E-state index in [1.54, 1.807) is 37.3 Å². The Morgan fingerprint density at radius 3 is 2.16 bits per heavy atom. The Morgan fingerprint density at radius 2 is 1.68 bits per heavy atom. The third-order valence-electron chi connectivity index (χ3n) is 3.59. The first-order valence-corrected chi connectivity index (χ1v) is 8.58. The quantitative estimate of drug-likeness (QED) is 0.454. The van der Waals surface area contributed by atoms with Gasteiger partial charge in [-0.3, -0.25) is 14.3 Å². The van der Waals surface area contributed by atoms with Gasteiger partial charge in [-0.25, -0.2) is 4.79 Å². The standard InChI is InChI=1S/C16H15NO7S/c1-11(12-5-3-2-4-6-12)15(16(18)19)24-25(22,23)14-9-7-13(8-10-14)17(20)21/h2-11,15H,1H3,(H,18,19). The van der Waals surface area contributed by atoms with Crippen molar-refractivity contribution < 1.29 is 27.4 Å². The molecule has 0 spiro atoms. The van der Waals surface area contributed by atoms with Crippen molar-refractivity contribution in [2.45, 2.75) is 23.8 Å². The Kier molecular flexibility index (Phi) is 5.50. The number of non-ortho nitro benzene ring substituents is 1. The molecule has 0 aliphatic rings. The molecule has 2 rings (SSSR count). The molecule has 0 heterocycles. The summed E-state index contributed by atoms with van der Waals surface area (Å²) >= 11 is 0. The summed E-state index contributed by atoms with van der Waals surface area (Å²) in [6.45, 7) is 1.54. The van der Waals surface area contributed by atoms with Crippen LogP contribution in [-0.2, 0) is 19.1 Å². The molecule has 0 saturated heterocycles. The largest absolute Gasteiger partial charge is 0.479 e.